The first-order valence-electron chi connectivity index (χ1n) is 13.7. The van der Waals surface area contributed by atoms with E-state index in [4.69, 9.17) is 0 Å². The average Bonchev–Trinajstić information content (AvgIpc) is 3.59. The monoisotopic (exact) mass is 475 g/mol. The zero-order chi connectivity index (χ0) is 23.8. The highest BCUT2D eigenvalue weighted by molar-refractivity contribution is 7.99. The van der Waals surface area contributed by atoms with E-state index >= 15 is 0 Å². The van der Waals surface area contributed by atoms with Crippen LogP contribution >= 0.6 is 11.8 Å². The summed E-state index contributed by atoms with van der Waals surface area (Å²) in [5.41, 5.74) is 0.0401. The van der Waals surface area contributed by atoms with Crippen molar-refractivity contribution < 1.29 is 14.4 Å². The third kappa shape index (κ3) is 4.69. The van der Waals surface area contributed by atoms with Gasteiger partial charge < -0.3 is 0 Å². The van der Waals surface area contributed by atoms with Gasteiger partial charge in [0.05, 0.1) is 12.3 Å². The number of fused-ring (bicyclic) bond motifs is 3. The Labute approximate surface area is 205 Å². The molecule has 0 radical (unpaired) electrons. The molecule has 4 fully saturated rings. The molecule has 4 nitrogen and oxygen atoms in total. The molecule has 0 bridgehead atoms. The van der Waals surface area contributed by atoms with E-state index in [-0.39, 0.29) is 35.3 Å². The predicted molar refractivity (Wildman–Crippen MR) is 135 cm³/mol. The third-order valence-electron chi connectivity index (χ3n) is 10.4. The van der Waals surface area contributed by atoms with Gasteiger partial charge in [-0.25, -0.2) is 0 Å². The highest BCUT2D eigenvalue weighted by atomic mass is 32.2. The number of hydrogen-bond donors (Lipinski definition) is 0. The Morgan fingerprint density at radius 1 is 1.06 bits per heavy atom. The summed E-state index contributed by atoms with van der Waals surface area (Å²) in [7, 11) is 0. The van der Waals surface area contributed by atoms with Gasteiger partial charge >= 0.3 is 0 Å². The van der Waals surface area contributed by atoms with Gasteiger partial charge in [0.1, 0.15) is 0 Å². The van der Waals surface area contributed by atoms with E-state index in [9.17, 15) is 14.4 Å². The van der Waals surface area contributed by atoms with E-state index in [1.807, 2.05) is 6.26 Å². The lowest BCUT2D eigenvalue weighted by Gasteiger charge is -2.56. The summed E-state index contributed by atoms with van der Waals surface area (Å²) in [6, 6.07) is 0. The maximum absolute atomic E-state index is 13.6. The molecule has 5 heteroatoms. The second-order valence-corrected chi connectivity index (χ2v) is 12.8. The molecule has 0 N–H and O–H groups in total. The van der Waals surface area contributed by atoms with Crippen LogP contribution in [0, 0.1) is 52.8 Å². The van der Waals surface area contributed by atoms with E-state index in [2.05, 4.69) is 20.8 Å². The number of ketones is 1. The minimum atomic E-state index is -0.242. The molecule has 0 heterocycles. The van der Waals surface area contributed by atoms with Gasteiger partial charge in [-0.1, -0.05) is 40.0 Å². The molecule has 0 aromatic rings. The maximum atomic E-state index is 13.6. The number of imide groups is 1. The van der Waals surface area contributed by atoms with Crippen molar-refractivity contribution in [1.29, 1.82) is 0 Å². The Morgan fingerprint density at radius 2 is 1.82 bits per heavy atom. The normalized spacial score (nSPS) is 40.1. The first-order valence-corrected chi connectivity index (χ1v) is 15.0. The molecule has 2 amide bonds. The molecule has 4 aliphatic rings. The van der Waals surface area contributed by atoms with Crippen LogP contribution in [0.4, 0.5) is 0 Å². The molecule has 4 aliphatic carbocycles. The quantitative estimate of drug-likeness (QED) is 0.373. The van der Waals surface area contributed by atoms with Gasteiger partial charge in [-0.3, -0.25) is 19.3 Å². The van der Waals surface area contributed by atoms with Crippen LogP contribution < -0.4 is 0 Å². The molecule has 0 aromatic carbocycles. The lowest BCUT2D eigenvalue weighted by Crippen LogP contribution is -2.50. The molecule has 186 valence electrons. The summed E-state index contributed by atoms with van der Waals surface area (Å²) < 4.78 is 0. The van der Waals surface area contributed by atoms with Crippen molar-refractivity contribution in [3.63, 3.8) is 0 Å². The number of amides is 2. The number of hydrogen-bond acceptors (Lipinski definition) is 4. The van der Waals surface area contributed by atoms with Crippen LogP contribution in [0.5, 0.6) is 0 Å². The van der Waals surface area contributed by atoms with Crippen molar-refractivity contribution in [3.8, 4) is 0 Å². The first-order chi connectivity index (χ1) is 15.9. The van der Waals surface area contributed by atoms with Gasteiger partial charge in [0.2, 0.25) is 12.3 Å². The van der Waals surface area contributed by atoms with E-state index < -0.39 is 0 Å². The van der Waals surface area contributed by atoms with Crippen LogP contribution in [0.1, 0.15) is 85.0 Å². The van der Waals surface area contributed by atoms with Crippen LogP contribution in [-0.4, -0.2) is 41.6 Å². The summed E-state index contributed by atoms with van der Waals surface area (Å²) in [6.45, 7) is 7.11. The number of carbonyl (C=O) groups excluding carboxylic acids is 3. The first kappa shape index (κ1) is 25.3. The highest BCUT2D eigenvalue weighted by Gasteiger charge is 2.63. The zero-order valence-electron chi connectivity index (χ0n) is 21.3. The summed E-state index contributed by atoms with van der Waals surface area (Å²) in [4.78, 5) is 38.7. The molecule has 8 unspecified atom stereocenters. The summed E-state index contributed by atoms with van der Waals surface area (Å²) in [5.74, 6) is 5.65. The summed E-state index contributed by atoms with van der Waals surface area (Å²) in [6.07, 6.45) is 15.2. The lowest BCUT2D eigenvalue weighted by molar-refractivity contribution is -0.143. The fourth-order valence-electron chi connectivity index (χ4n) is 8.88. The number of rotatable bonds is 10. The van der Waals surface area contributed by atoms with Gasteiger partial charge in [0.25, 0.3) is 0 Å². The fourth-order valence-corrected chi connectivity index (χ4v) is 9.29. The lowest BCUT2D eigenvalue weighted by atomic mass is 9.49. The number of thioether (sulfide) groups is 1. The molecule has 4 rings (SSSR count). The Hall–Kier alpha value is -0.840. The van der Waals surface area contributed by atoms with Gasteiger partial charge in [0, 0.05) is 5.92 Å². The van der Waals surface area contributed by atoms with Crippen LogP contribution in [0.3, 0.4) is 0 Å². The molecule has 0 aromatic heterocycles. The maximum Gasteiger partial charge on any atom is 0.239 e. The molecule has 33 heavy (non-hydrogen) atoms. The van der Waals surface area contributed by atoms with Crippen molar-refractivity contribution in [1.82, 2.24) is 4.90 Å². The van der Waals surface area contributed by atoms with Crippen molar-refractivity contribution >= 4 is 29.9 Å². The topological polar surface area (TPSA) is 54.5 Å². The SMILES string of the molecule is CCCC1C(CC)CCC2C1CCC1(C)C(C(=O)CN(C=O)C(=O)CSC)CC(C3CC3)C21. The van der Waals surface area contributed by atoms with Crippen LogP contribution in [0.25, 0.3) is 0 Å². The standard InChI is InChI=1S/C28H45NO3S/c1-5-7-20-18(6-2)10-11-22-21(20)12-13-28(3)24(14-23(27(22)28)19-8-9-19)25(31)15-29(17-30)26(32)16-33-4/h17-24,27H,5-16H2,1-4H3. The van der Waals surface area contributed by atoms with Gasteiger partial charge in [-0.15, -0.1) is 0 Å². The van der Waals surface area contributed by atoms with Crippen molar-refractivity contribution in [2.75, 3.05) is 18.6 Å². The number of nitrogens with zero attached hydrogens (tertiary/aromatic N) is 1. The van der Waals surface area contributed by atoms with Crippen LogP contribution in [0.15, 0.2) is 0 Å². The van der Waals surface area contributed by atoms with Gasteiger partial charge in [-0.2, -0.15) is 11.8 Å². The zero-order valence-corrected chi connectivity index (χ0v) is 22.1. The van der Waals surface area contributed by atoms with E-state index in [0.29, 0.717) is 18.2 Å². The third-order valence-corrected chi connectivity index (χ3v) is 10.9. The molecule has 0 aliphatic heterocycles. The average molecular weight is 476 g/mol. The molecule has 8 atom stereocenters. The molecular weight excluding hydrogens is 430 g/mol. The molecule has 4 saturated carbocycles. The highest BCUT2D eigenvalue weighted by Crippen LogP contribution is 2.68. The second kappa shape index (κ2) is 10.4. The Kier molecular flexibility index (Phi) is 7.97. The predicted octanol–water partition coefficient (Wildman–Crippen LogP) is 5.83. The van der Waals surface area contributed by atoms with Crippen molar-refractivity contribution in [2.45, 2.75) is 85.0 Å². The summed E-state index contributed by atoms with van der Waals surface area (Å²) in [5, 5.41) is 0. The van der Waals surface area contributed by atoms with Crippen molar-refractivity contribution in [2.24, 2.45) is 52.8 Å². The van der Waals surface area contributed by atoms with E-state index in [0.717, 1.165) is 47.3 Å². The van der Waals surface area contributed by atoms with E-state index in [1.54, 1.807) is 0 Å². The minimum Gasteiger partial charge on any atom is -0.297 e. The van der Waals surface area contributed by atoms with Gasteiger partial charge in [-0.05, 0) is 98.0 Å². The Balaban J connectivity index is 1.57. The Bertz CT molecular complexity index is 737. The molecule has 0 spiro atoms. The largest absolute Gasteiger partial charge is 0.297 e. The summed E-state index contributed by atoms with van der Waals surface area (Å²) >= 11 is 1.40. The molecular formula is C28H45NO3S. The van der Waals surface area contributed by atoms with Crippen LogP contribution in [0.2, 0.25) is 0 Å². The van der Waals surface area contributed by atoms with Crippen LogP contribution in [-0.2, 0) is 14.4 Å². The smallest absolute Gasteiger partial charge is 0.239 e. The fraction of sp³-hybridized carbons (Fsp3) is 0.893. The van der Waals surface area contributed by atoms with Crippen molar-refractivity contribution in [3.05, 3.63) is 0 Å². The van der Waals surface area contributed by atoms with E-state index in [1.165, 1.54) is 63.1 Å². The second-order valence-electron chi connectivity index (χ2n) is 11.9. The Morgan fingerprint density at radius 3 is 2.42 bits per heavy atom. The number of carbonyl (C=O) groups is 3. The number of Topliss-reactive ketones (excluding diaryl/α,β-unsaturated/α-hetero) is 1. The molecule has 0 saturated heterocycles. The minimum absolute atomic E-state index is 0.00658. The van der Waals surface area contributed by atoms with Gasteiger partial charge in [0.15, 0.2) is 5.78 Å².